The number of fused-ring (bicyclic) bond motifs is 14. The maximum atomic E-state index is 9.48. The number of hydrogen-bond acceptors (Lipinski definition) is 2. The Morgan fingerprint density at radius 2 is 0.531 bits per heavy atom. The molecule has 2 aliphatic carbocycles. The van der Waals surface area contributed by atoms with E-state index in [4.69, 9.17) is 0 Å². The number of hydrogen-bond donors (Lipinski definition) is 2. The number of rotatable bonds is 6. The topological polar surface area (TPSA) is 40.5 Å². The highest BCUT2D eigenvalue weighted by Gasteiger charge is 2.25. The van der Waals surface area contributed by atoms with Gasteiger partial charge in [-0.1, -0.05) is 307 Å². The van der Waals surface area contributed by atoms with E-state index in [1.54, 1.807) is 6.07 Å². The molecule has 0 aromatic heterocycles. The lowest BCUT2D eigenvalue weighted by Gasteiger charge is -2.13. The van der Waals surface area contributed by atoms with Crippen LogP contribution in [0.2, 0.25) is 0 Å². The minimum absolute atomic E-state index is 0.504. The molecular formula is C92H58BBrO2. The van der Waals surface area contributed by atoms with Crippen molar-refractivity contribution in [3.8, 4) is 100 Å². The second-order valence-electron chi connectivity index (χ2n) is 25.3. The highest BCUT2D eigenvalue weighted by Crippen LogP contribution is 2.51. The molecule has 0 atom stereocenters. The van der Waals surface area contributed by atoms with Crippen molar-refractivity contribution in [2.24, 2.45) is 0 Å². The van der Waals surface area contributed by atoms with Crippen LogP contribution in [0.1, 0.15) is 0 Å². The van der Waals surface area contributed by atoms with Gasteiger partial charge in [-0.3, -0.25) is 0 Å². The molecule has 0 aliphatic heterocycles. The Labute approximate surface area is 565 Å². The van der Waals surface area contributed by atoms with Crippen LogP contribution in [0.3, 0.4) is 0 Å². The summed E-state index contributed by atoms with van der Waals surface area (Å²) in [6.45, 7) is 0. The average Bonchev–Trinajstić information content (AvgIpc) is 1.74. The van der Waals surface area contributed by atoms with Gasteiger partial charge in [0.15, 0.2) is 0 Å². The van der Waals surface area contributed by atoms with E-state index in [0.717, 1.165) is 15.6 Å². The molecular weight excluding hydrogens is 1230 g/mol. The highest BCUT2D eigenvalue weighted by atomic mass is 79.9. The van der Waals surface area contributed by atoms with E-state index in [2.05, 4.69) is 331 Å². The molecule has 0 unspecified atom stereocenters. The summed E-state index contributed by atoms with van der Waals surface area (Å²) in [6.07, 6.45) is 0. The fourth-order valence-corrected chi connectivity index (χ4v) is 15.8. The van der Waals surface area contributed by atoms with Gasteiger partial charge in [0.1, 0.15) is 0 Å². The quantitative estimate of drug-likeness (QED) is 0.129. The minimum Gasteiger partial charge on any atom is -0.423 e. The van der Waals surface area contributed by atoms with Gasteiger partial charge in [-0.25, -0.2) is 0 Å². The zero-order valence-corrected chi connectivity index (χ0v) is 53.8. The molecule has 0 amide bonds. The van der Waals surface area contributed by atoms with Gasteiger partial charge in [0.05, 0.1) is 0 Å². The molecule has 2 N–H and O–H groups in total. The Balaban J connectivity index is 0.000000114. The van der Waals surface area contributed by atoms with Gasteiger partial charge in [0.25, 0.3) is 0 Å². The molecule has 0 saturated heterocycles. The molecule has 0 spiro atoms. The van der Waals surface area contributed by atoms with E-state index in [1.807, 2.05) is 18.2 Å². The average molecular weight is 1290 g/mol. The van der Waals surface area contributed by atoms with Gasteiger partial charge in [0.2, 0.25) is 0 Å². The highest BCUT2D eigenvalue weighted by molar-refractivity contribution is 9.10. The van der Waals surface area contributed by atoms with Gasteiger partial charge >= 0.3 is 7.12 Å². The first-order valence-electron chi connectivity index (χ1n) is 32.8. The minimum atomic E-state index is -1.46. The fourth-order valence-electron chi connectivity index (χ4n) is 15.4. The molecule has 2 aliphatic rings. The second kappa shape index (κ2) is 23.5. The van der Waals surface area contributed by atoms with Crippen molar-refractivity contribution in [3.63, 3.8) is 0 Å². The normalized spacial score (nSPS) is 11.7. The lowest BCUT2D eigenvalue weighted by molar-refractivity contribution is 0.426. The monoisotopic (exact) mass is 1280 g/mol. The van der Waals surface area contributed by atoms with Crippen LogP contribution in [0.25, 0.3) is 186 Å². The van der Waals surface area contributed by atoms with Crippen molar-refractivity contribution >= 4 is 115 Å². The molecule has 4 heteroatoms. The van der Waals surface area contributed by atoms with Gasteiger partial charge in [0, 0.05) is 4.47 Å². The van der Waals surface area contributed by atoms with Crippen molar-refractivity contribution < 1.29 is 10.0 Å². The van der Waals surface area contributed by atoms with Gasteiger partial charge in [-0.15, -0.1) is 0 Å². The largest absolute Gasteiger partial charge is 0.488 e. The third-order valence-corrected chi connectivity index (χ3v) is 20.4. The van der Waals surface area contributed by atoms with Crippen LogP contribution in [0.4, 0.5) is 0 Å². The molecule has 18 aromatic carbocycles. The summed E-state index contributed by atoms with van der Waals surface area (Å²) in [6, 6.07) is 122. The molecule has 20 rings (SSSR count). The Kier molecular flexibility index (Phi) is 14.0. The first-order chi connectivity index (χ1) is 47.3. The van der Waals surface area contributed by atoms with Gasteiger partial charge in [-0.05, 0) is 240 Å². The summed E-state index contributed by atoms with van der Waals surface area (Å²) in [4.78, 5) is 0. The van der Waals surface area contributed by atoms with E-state index >= 15 is 0 Å². The molecule has 0 fully saturated rings. The predicted molar refractivity (Wildman–Crippen MR) is 413 cm³/mol. The molecule has 2 nitrogen and oxygen atoms in total. The van der Waals surface area contributed by atoms with Crippen LogP contribution in [0.5, 0.6) is 0 Å². The lowest BCUT2D eigenvalue weighted by atomic mass is 9.79. The summed E-state index contributed by atoms with van der Waals surface area (Å²) < 4.78 is 1.11. The Morgan fingerprint density at radius 3 is 1.05 bits per heavy atom. The van der Waals surface area contributed by atoms with Crippen LogP contribution < -0.4 is 5.46 Å². The lowest BCUT2D eigenvalue weighted by Crippen LogP contribution is -2.29. The van der Waals surface area contributed by atoms with Crippen LogP contribution in [-0.4, -0.2) is 17.2 Å². The molecule has 0 radical (unpaired) electrons. The SMILES string of the molecule is Brc1ccc2ccc(-c3cc4ccccc4c4ccccc34)cc2c1.OB(O)c1cccc(-c2ccc3c4c(cccc24)-c2ccccc2-3)c1.c1cc(-c2ccc3ccc(-c4cc5ccccc5c5ccccc45)cc3c2)cc(-c2ccc3c4c(cccc24)-c2ccccc2-3)c1. The van der Waals surface area contributed by atoms with Gasteiger partial charge in [-0.2, -0.15) is 0 Å². The van der Waals surface area contributed by atoms with Crippen LogP contribution in [-0.2, 0) is 0 Å². The number of halogens is 1. The maximum absolute atomic E-state index is 9.48. The standard InChI is InChI=1S/C46H28.C24H15Br.C22H15BO2/c1-2-12-36-33(9-1)28-45(41-16-6-3-13-38(36)41)34-22-20-29-19-21-31(26-35(29)27-34)30-10-7-11-32(25-30)37-23-24-44-40-15-5-4-14-39(40)43-18-8-17-42(37)46(43)44;25-20-12-11-16-9-10-18(13-19(16)14-20)24-15-17-5-1-2-6-21(17)22-7-3-4-8-23(22)24;24-23(25)15-6-3-5-14(13-15)16-11-12-21-18-8-2-1-7-17(18)20-10-4-9-19(16)22(20)21/h1-28H;1-15H;1-13,24-25H. The van der Waals surface area contributed by atoms with Crippen molar-refractivity contribution in [3.05, 3.63) is 344 Å². The summed E-state index contributed by atoms with van der Waals surface area (Å²) in [5, 5.41) is 39.5. The van der Waals surface area contributed by atoms with E-state index in [9.17, 15) is 10.0 Å². The van der Waals surface area contributed by atoms with Crippen LogP contribution >= 0.6 is 15.9 Å². The molecule has 0 saturated carbocycles. The fraction of sp³-hybridized carbons (Fsp3) is 0. The van der Waals surface area contributed by atoms with E-state index < -0.39 is 7.12 Å². The van der Waals surface area contributed by atoms with Crippen molar-refractivity contribution in [2.75, 3.05) is 0 Å². The van der Waals surface area contributed by atoms with E-state index in [-0.39, 0.29) is 0 Å². The van der Waals surface area contributed by atoms with Crippen LogP contribution in [0.15, 0.2) is 344 Å². The first kappa shape index (κ1) is 57.2. The zero-order valence-electron chi connectivity index (χ0n) is 52.2. The summed E-state index contributed by atoms with van der Waals surface area (Å²) in [7, 11) is -1.46. The van der Waals surface area contributed by atoms with Crippen molar-refractivity contribution in [2.45, 2.75) is 0 Å². The zero-order chi connectivity index (χ0) is 64.0. The third-order valence-electron chi connectivity index (χ3n) is 19.9. The van der Waals surface area contributed by atoms with E-state index in [0.29, 0.717) is 5.46 Å². The Hall–Kier alpha value is -11.5. The van der Waals surface area contributed by atoms with Crippen LogP contribution in [0, 0.1) is 0 Å². The first-order valence-corrected chi connectivity index (χ1v) is 33.6. The maximum Gasteiger partial charge on any atom is 0.488 e. The summed E-state index contributed by atoms with van der Waals surface area (Å²) >= 11 is 3.59. The third kappa shape index (κ3) is 9.80. The van der Waals surface area contributed by atoms with E-state index in [1.165, 1.54) is 175 Å². The second-order valence-corrected chi connectivity index (χ2v) is 26.2. The molecule has 0 bridgehead atoms. The Bertz CT molecular complexity index is 6160. The van der Waals surface area contributed by atoms with Gasteiger partial charge < -0.3 is 10.0 Å². The summed E-state index contributed by atoms with van der Waals surface area (Å²) in [5.41, 5.74) is 23.1. The number of benzene rings is 18. The molecule has 448 valence electrons. The Morgan fingerprint density at radius 1 is 0.188 bits per heavy atom. The van der Waals surface area contributed by atoms with Crippen molar-refractivity contribution in [1.82, 2.24) is 0 Å². The molecule has 18 aromatic rings. The predicted octanol–water partition coefficient (Wildman–Crippen LogP) is 24.4. The smallest absolute Gasteiger partial charge is 0.423 e. The summed E-state index contributed by atoms with van der Waals surface area (Å²) in [5.74, 6) is 0. The molecule has 0 heterocycles. The van der Waals surface area contributed by atoms with Crippen molar-refractivity contribution in [1.29, 1.82) is 0 Å². The molecule has 96 heavy (non-hydrogen) atoms.